The van der Waals surface area contributed by atoms with Gasteiger partial charge in [-0.05, 0) is 32.6 Å². The molecule has 0 aromatic rings. The van der Waals surface area contributed by atoms with Crippen LogP contribution in [0.4, 0.5) is 0 Å². The van der Waals surface area contributed by atoms with Crippen LogP contribution < -0.4 is 16.5 Å². The van der Waals surface area contributed by atoms with Gasteiger partial charge < -0.3 is 21.3 Å². The number of carbonyl (C=O) groups is 1. The first kappa shape index (κ1) is 19.6. The lowest BCUT2D eigenvalue weighted by atomic mass is 9.89. The van der Waals surface area contributed by atoms with Gasteiger partial charge in [-0.3, -0.25) is 10.2 Å². The summed E-state index contributed by atoms with van der Waals surface area (Å²) >= 11 is 0. The van der Waals surface area contributed by atoms with Crippen molar-refractivity contribution >= 4 is 5.91 Å². The summed E-state index contributed by atoms with van der Waals surface area (Å²) in [5.74, 6) is 0.331. The third-order valence-corrected chi connectivity index (χ3v) is 5.24. The Morgan fingerprint density at radius 1 is 1.38 bits per heavy atom. The fourth-order valence-corrected chi connectivity index (χ4v) is 3.48. The Morgan fingerprint density at radius 3 is 2.67 bits per heavy atom. The molecule has 3 atom stereocenters. The smallest absolute Gasteiger partial charge is 0.249 e. The average molecular weight is 342 g/mol. The van der Waals surface area contributed by atoms with E-state index in [0.29, 0.717) is 6.54 Å². The maximum atomic E-state index is 12.1. The summed E-state index contributed by atoms with van der Waals surface area (Å²) in [5.41, 5.74) is 8.03. The van der Waals surface area contributed by atoms with E-state index in [1.165, 1.54) is 32.1 Å². The third-order valence-electron chi connectivity index (χ3n) is 5.24. The highest BCUT2D eigenvalue weighted by Gasteiger charge is 2.31. The van der Waals surface area contributed by atoms with Crippen molar-refractivity contribution in [2.24, 2.45) is 11.7 Å². The number of rotatable bonds is 7. The van der Waals surface area contributed by atoms with E-state index in [2.05, 4.69) is 15.8 Å². The predicted molar refractivity (Wildman–Crippen MR) is 93.0 cm³/mol. The zero-order chi connectivity index (χ0) is 17.7. The van der Waals surface area contributed by atoms with Gasteiger partial charge in [-0.1, -0.05) is 19.3 Å². The van der Waals surface area contributed by atoms with Crippen LogP contribution in [0.2, 0.25) is 0 Å². The van der Waals surface area contributed by atoms with E-state index in [9.17, 15) is 15.0 Å². The van der Waals surface area contributed by atoms with Crippen LogP contribution >= 0.6 is 0 Å². The molecular weight excluding hydrogens is 308 g/mol. The summed E-state index contributed by atoms with van der Waals surface area (Å²) in [6.45, 7) is 5.62. The molecule has 1 aliphatic carbocycles. The third kappa shape index (κ3) is 5.97. The summed E-state index contributed by atoms with van der Waals surface area (Å²) < 4.78 is 0. The van der Waals surface area contributed by atoms with Gasteiger partial charge in [-0.25, -0.2) is 5.01 Å². The van der Waals surface area contributed by atoms with E-state index >= 15 is 0 Å². The van der Waals surface area contributed by atoms with Gasteiger partial charge in [-0.15, -0.1) is 0 Å². The number of hydrazine groups is 1. The van der Waals surface area contributed by atoms with Gasteiger partial charge in [0.1, 0.15) is 6.10 Å². The van der Waals surface area contributed by atoms with Crippen molar-refractivity contribution in [3.63, 3.8) is 0 Å². The van der Waals surface area contributed by atoms with Gasteiger partial charge in [0.05, 0.1) is 11.6 Å². The molecule has 1 saturated carbocycles. The fraction of sp³-hybridized carbons (Fsp3) is 0.941. The van der Waals surface area contributed by atoms with Gasteiger partial charge in [0, 0.05) is 32.1 Å². The second-order valence-corrected chi connectivity index (χ2v) is 7.99. The molecule has 1 amide bonds. The van der Waals surface area contributed by atoms with Crippen LogP contribution in [0.5, 0.6) is 0 Å². The molecule has 2 rings (SSSR count). The Kier molecular flexibility index (Phi) is 7.00. The lowest BCUT2D eigenvalue weighted by Gasteiger charge is -2.27. The Morgan fingerprint density at radius 2 is 2.04 bits per heavy atom. The van der Waals surface area contributed by atoms with E-state index in [1.807, 2.05) is 0 Å². The number of amides is 1. The summed E-state index contributed by atoms with van der Waals surface area (Å²) in [5, 5.41) is 24.9. The largest absolute Gasteiger partial charge is 0.389 e. The van der Waals surface area contributed by atoms with E-state index < -0.39 is 23.7 Å². The molecule has 6 N–H and O–H groups in total. The zero-order valence-electron chi connectivity index (χ0n) is 15.0. The van der Waals surface area contributed by atoms with Gasteiger partial charge >= 0.3 is 0 Å². The number of aliphatic hydroxyl groups is 2. The van der Waals surface area contributed by atoms with E-state index in [-0.39, 0.29) is 12.5 Å². The van der Waals surface area contributed by atoms with Crippen LogP contribution in [0.1, 0.15) is 52.4 Å². The molecule has 7 heteroatoms. The number of nitrogens with two attached hydrogens (primary N) is 1. The van der Waals surface area contributed by atoms with E-state index in [1.54, 1.807) is 13.8 Å². The predicted octanol–water partition coefficient (Wildman–Crippen LogP) is -0.279. The molecule has 0 radical (unpaired) electrons. The van der Waals surface area contributed by atoms with Crippen molar-refractivity contribution in [3.8, 4) is 0 Å². The monoisotopic (exact) mass is 342 g/mol. The molecule has 2 aliphatic rings. The van der Waals surface area contributed by atoms with Gasteiger partial charge in [0.25, 0.3) is 0 Å². The first-order valence-corrected chi connectivity index (χ1v) is 9.20. The zero-order valence-corrected chi connectivity index (χ0v) is 15.0. The number of nitrogens with one attached hydrogen (secondary N) is 2. The lowest BCUT2D eigenvalue weighted by molar-refractivity contribution is -0.131. The first-order chi connectivity index (χ1) is 11.3. The second-order valence-electron chi connectivity index (χ2n) is 7.99. The van der Waals surface area contributed by atoms with E-state index in [4.69, 9.17) is 5.73 Å². The average Bonchev–Trinajstić information content (AvgIpc) is 2.94. The van der Waals surface area contributed by atoms with Crippen LogP contribution in [0.25, 0.3) is 0 Å². The molecular formula is C17H34N4O3. The van der Waals surface area contributed by atoms with Crippen molar-refractivity contribution in [1.82, 2.24) is 15.8 Å². The molecule has 0 aromatic heterocycles. The summed E-state index contributed by atoms with van der Waals surface area (Å²) in [6, 6.07) is -0.656. The molecule has 1 heterocycles. The van der Waals surface area contributed by atoms with Gasteiger partial charge in [-0.2, -0.15) is 0 Å². The van der Waals surface area contributed by atoms with Crippen molar-refractivity contribution in [2.45, 2.75) is 76.2 Å². The molecule has 3 unspecified atom stereocenters. The first-order valence-electron chi connectivity index (χ1n) is 9.20. The Bertz CT molecular complexity index is 407. The minimum absolute atomic E-state index is 0.00546. The Labute approximate surface area is 144 Å². The van der Waals surface area contributed by atoms with Crippen LogP contribution in [-0.4, -0.2) is 64.6 Å². The van der Waals surface area contributed by atoms with Crippen molar-refractivity contribution in [1.29, 1.82) is 0 Å². The highest BCUT2D eigenvalue weighted by Crippen LogP contribution is 2.24. The highest BCUT2D eigenvalue weighted by atomic mass is 16.3. The van der Waals surface area contributed by atoms with Crippen LogP contribution in [0, 0.1) is 5.92 Å². The van der Waals surface area contributed by atoms with Crippen LogP contribution in [-0.2, 0) is 4.79 Å². The van der Waals surface area contributed by atoms with Crippen molar-refractivity contribution in [3.05, 3.63) is 0 Å². The molecule has 1 aliphatic heterocycles. The maximum Gasteiger partial charge on any atom is 0.249 e. The Balaban J connectivity index is 1.70. The highest BCUT2D eigenvalue weighted by molar-refractivity contribution is 5.80. The molecule has 24 heavy (non-hydrogen) atoms. The molecule has 7 nitrogen and oxygen atoms in total. The number of hydrogen-bond acceptors (Lipinski definition) is 6. The lowest BCUT2D eigenvalue weighted by Crippen LogP contribution is -2.50. The molecule has 0 bridgehead atoms. The minimum Gasteiger partial charge on any atom is -0.389 e. The van der Waals surface area contributed by atoms with Gasteiger partial charge in [0.15, 0.2) is 0 Å². The van der Waals surface area contributed by atoms with Crippen molar-refractivity contribution in [2.75, 3.05) is 19.6 Å². The number of aliphatic hydroxyl groups excluding tert-OH is 1. The quantitative estimate of drug-likeness (QED) is 0.435. The Hall–Kier alpha value is -0.730. The molecule has 0 aromatic carbocycles. The summed E-state index contributed by atoms with van der Waals surface area (Å²) in [7, 11) is 0. The standard InChI is InChI=1S/C17H34N4O3/c1-17(2,24)15(18)8-14(22)16(23)20-13-9-19-21(11-13)10-12-6-4-3-5-7-12/h12-15,19,22,24H,3-11,18H2,1-2H3,(H,20,23). The van der Waals surface area contributed by atoms with Crippen molar-refractivity contribution < 1.29 is 15.0 Å². The number of carbonyl (C=O) groups excluding carboxylic acids is 1. The molecule has 1 saturated heterocycles. The van der Waals surface area contributed by atoms with E-state index in [0.717, 1.165) is 19.0 Å². The normalized spacial score (nSPS) is 26.3. The molecule has 2 fully saturated rings. The summed E-state index contributed by atoms with van der Waals surface area (Å²) in [4.78, 5) is 12.1. The molecule has 0 spiro atoms. The van der Waals surface area contributed by atoms with Gasteiger partial charge in [0.2, 0.25) is 5.91 Å². The van der Waals surface area contributed by atoms with Crippen LogP contribution in [0.3, 0.4) is 0 Å². The number of hydrogen-bond donors (Lipinski definition) is 5. The fourth-order valence-electron chi connectivity index (χ4n) is 3.48. The summed E-state index contributed by atoms with van der Waals surface area (Å²) in [6.07, 6.45) is 5.44. The maximum absolute atomic E-state index is 12.1. The topological polar surface area (TPSA) is 111 Å². The minimum atomic E-state index is -1.20. The number of nitrogens with zero attached hydrogens (tertiary/aromatic N) is 1. The van der Waals surface area contributed by atoms with Crippen LogP contribution in [0.15, 0.2) is 0 Å². The SMILES string of the molecule is CC(C)(O)C(N)CC(O)C(=O)NC1CNN(CC2CCCCC2)C1. The second kappa shape index (κ2) is 8.58. The molecule has 140 valence electrons.